The number of benzene rings is 2. The van der Waals surface area contributed by atoms with Crippen LogP contribution in [0.2, 0.25) is 5.02 Å². The second-order valence-electron chi connectivity index (χ2n) is 4.20. The number of fused-ring (bicyclic) bond motifs is 1. The number of nitrogens with zero attached hydrogens (tertiary/aromatic N) is 1. The Balaban J connectivity index is 2.00. The number of hydrogen-bond acceptors (Lipinski definition) is 4. The summed E-state index contributed by atoms with van der Waals surface area (Å²) in [6.07, 6.45) is 0. The van der Waals surface area contributed by atoms with E-state index >= 15 is 0 Å². The van der Waals surface area contributed by atoms with E-state index in [9.17, 15) is 4.79 Å². The highest BCUT2D eigenvalue weighted by Crippen LogP contribution is 2.31. The normalized spacial score (nSPS) is 10.7. The summed E-state index contributed by atoms with van der Waals surface area (Å²) in [5.74, 6) is -0.340. The first kappa shape index (κ1) is 13.1. The van der Waals surface area contributed by atoms with Gasteiger partial charge in [-0.05, 0) is 30.3 Å². The lowest BCUT2D eigenvalue weighted by Gasteiger charge is -2.00. The highest BCUT2D eigenvalue weighted by atomic mass is 35.5. The summed E-state index contributed by atoms with van der Waals surface area (Å²) in [6.45, 7) is 0. The minimum Gasteiger partial charge on any atom is -0.465 e. The fourth-order valence-corrected chi connectivity index (χ4v) is 3.01. The van der Waals surface area contributed by atoms with Crippen LogP contribution in [0.4, 0.5) is 0 Å². The maximum Gasteiger partial charge on any atom is 0.337 e. The van der Waals surface area contributed by atoms with Crippen molar-refractivity contribution in [3.63, 3.8) is 0 Å². The molecule has 3 rings (SSSR count). The summed E-state index contributed by atoms with van der Waals surface area (Å²) in [5.41, 5.74) is 2.38. The number of thiazole rings is 1. The highest BCUT2D eigenvalue weighted by Gasteiger charge is 2.09. The molecular weight excluding hydrogens is 294 g/mol. The molecule has 2 aromatic carbocycles. The van der Waals surface area contributed by atoms with Crippen molar-refractivity contribution in [3.05, 3.63) is 53.1 Å². The van der Waals surface area contributed by atoms with Crippen molar-refractivity contribution in [2.75, 3.05) is 7.11 Å². The lowest BCUT2D eigenvalue weighted by atomic mass is 10.1. The lowest BCUT2D eigenvalue weighted by molar-refractivity contribution is 0.0601. The Hall–Kier alpha value is -1.91. The van der Waals surface area contributed by atoms with Gasteiger partial charge in [0.15, 0.2) is 0 Å². The van der Waals surface area contributed by atoms with Crippen LogP contribution in [0, 0.1) is 0 Å². The molecule has 0 N–H and O–H groups in total. The summed E-state index contributed by atoms with van der Waals surface area (Å²) < 4.78 is 5.76. The minimum atomic E-state index is -0.340. The Kier molecular flexibility index (Phi) is 3.42. The van der Waals surface area contributed by atoms with Gasteiger partial charge in [-0.3, -0.25) is 0 Å². The quantitative estimate of drug-likeness (QED) is 0.659. The van der Waals surface area contributed by atoms with Crippen molar-refractivity contribution in [3.8, 4) is 10.6 Å². The van der Waals surface area contributed by atoms with Crippen LogP contribution in [0.5, 0.6) is 0 Å². The van der Waals surface area contributed by atoms with Gasteiger partial charge in [0.25, 0.3) is 0 Å². The van der Waals surface area contributed by atoms with Gasteiger partial charge in [-0.15, -0.1) is 11.3 Å². The topological polar surface area (TPSA) is 39.2 Å². The summed E-state index contributed by atoms with van der Waals surface area (Å²) >= 11 is 7.55. The predicted octanol–water partition coefficient (Wildman–Crippen LogP) is 4.40. The van der Waals surface area contributed by atoms with Crippen LogP contribution in [0.15, 0.2) is 42.5 Å². The first-order chi connectivity index (χ1) is 9.67. The zero-order valence-electron chi connectivity index (χ0n) is 10.6. The van der Waals surface area contributed by atoms with Gasteiger partial charge in [0.05, 0.1) is 22.9 Å². The zero-order chi connectivity index (χ0) is 14.1. The summed E-state index contributed by atoms with van der Waals surface area (Å²) in [5, 5.41) is 1.58. The van der Waals surface area contributed by atoms with Gasteiger partial charge in [-0.25, -0.2) is 9.78 Å². The molecule has 0 saturated heterocycles. The molecule has 0 aliphatic rings. The molecule has 0 unspecified atom stereocenters. The summed E-state index contributed by atoms with van der Waals surface area (Å²) in [6, 6.07) is 12.9. The molecule has 3 nitrogen and oxygen atoms in total. The number of rotatable bonds is 2. The SMILES string of the molecule is COC(=O)c1ccc(-c2nc3cc(Cl)ccc3s2)cc1. The standard InChI is InChI=1S/C15H10ClNO2S/c1-19-15(18)10-4-2-9(3-5-10)14-17-12-8-11(16)6-7-13(12)20-14/h2-8H,1H3. The molecule has 1 heterocycles. The monoisotopic (exact) mass is 303 g/mol. The Morgan fingerprint density at radius 3 is 2.65 bits per heavy atom. The van der Waals surface area contributed by atoms with Crippen molar-refractivity contribution in [1.29, 1.82) is 0 Å². The summed E-state index contributed by atoms with van der Waals surface area (Å²) in [4.78, 5) is 15.9. The van der Waals surface area contributed by atoms with E-state index in [0.29, 0.717) is 10.6 Å². The van der Waals surface area contributed by atoms with Crippen LogP contribution in [0.25, 0.3) is 20.8 Å². The third-order valence-electron chi connectivity index (χ3n) is 2.90. The van der Waals surface area contributed by atoms with E-state index in [4.69, 9.17) is 11.6 Å². The first-order valence-electron chi connectivity index (χ1n) is 5.92. The molecule has 0 fully saturated rings. The van der Waals surface area contributed by atoms with Crippen molar-refractivity contribution < 1.29 is 9.53 Å². The van der Waals surface area contributed by atoms with Crippen LogP contribution >= 0.6 is 22.9 Å². The third-order valence-corrected chi connectivity index (χ3v) is 4.22. The van der Waals surface area contributed by atoms with Gasteiger partial charge in [-0.1, -0.05) is 23.7 Å². The van der Waals surface area contributed by atoms with E-state index in [1.165, 1.54) is 7.11 Å². The van der Waals surface area contributed by atoms with Crippen LogP contribution in [0.1, 0.15) is 10.4 Å². The van der Waals surface area contributed by atoms with E-state index in [1.807, 2.05) is 30.3 Å². The van der Waals surface area contributed by atoms with E-state index in [1.54, 1.807) is 23.5 Å². The Labute approximate surface area is 124 Å². The number of halogens is 1. The maximum absolute atomic E-state index is 11.4. The molecular formula is C15H10ClNO2S. The van der Waals surface area contributed by atoms with Gasteiger partial charge in [-0.2, -0.15) is 0 Å². The fourth-order valence-electron chi connectivity index (χ4n) is 1.89. The average Bonchev–Trinajstić information content (AvgIpc) is 2.89. The first-order valence-corrected chi connectivity index (χ1v) is 7.11. The van der Waals surface area contributed by atoms with Crippen LogP contribution in [0.3, 0.4) is 0 Å². The molecule has 0 radical (unpaired) electrons. The molecule has 3 aromatic rings. The molecule has 0 amide bonds. The minimum absolute atomic E-state index is 0.340. The van der Waals surface area contributed by atoms with Gasteiger partial charge >= 0.3 is 5.97 Å². The van der Waals surface area contributed by atoms with Crippen molar-refractivity contribution >= 4 is 39.1 Å². The number of methoxy groups -OCH3 is 1. The van der Waals surface area contributed by atoms with Crippen molar-refractivity contribution in [2.24, 2.45) is 0 Å². The number of carbonyl (C=O) groups excluding carboxylic acids is 1. The fraction of sp³-hybridized carbons (Fsp3) is 0.0667. The Morgan fingerprint density at radius 2 is 1.95 bits per heavy atom. The zero-order valence-corrected chi connectivity index (χ0v) is 12.2. The lowest BCUT2D eigenvalue weighted by Crippen LogP contribution is -2.00. The Bertz CT molecular complexity index is 780. The van der Waals surface area contributed by atoms with Gasteiger partial charge < -0.3 is 4.74 Å². The van der Waals surface area contributed by atoms with Crippen LogP contribution < -0.4 is 0 Å². The second kappa shape index (κ2) is 5.23. The molecule has 0 spiro atoms. The van der Waals surface area contributed by atoms with Gasteiger partial charge in [0.1, 0.15) is 5.01 Å². The van der Waals surface area contributed by atoms with E-state index in [0.717, 1.165) is 20.8 Å². The van der Waals surface area contributed by atoms with Crippen molar-refractivity contribution in [2.45, 2.75) is 0 Å². The molecule has 0 saturated carbocycles. The average molecular weight is 304 g/mol. The predicted molar refractivity (Wildman–Crippen MR) is 81.4 cm³/mol. The smallest absolute Gasteiger partial charge is 0.337 e. The van der Waals surface area contributed by atoms with E-state index in [-0.39, 0.29) is 5.97 Å². The molecule has 0 aliphatic carbocycles. The maximum atomic E-state index is 11.4. The third kappa shape index (κ3) is 2.40. The van der Waals surface area contributed by atoms with E-state index in [2.05, 4.69) is 9.72 Å². The number of hydrogen-bond donors (Lipinski definition) is 0. The van der Waals surface area contributed by atoms with Crippen LogP contribution in [-0.2, 0) is 4.74 Å². The molecule has 20 heavy (non-hydrogen) atoms. The van der Waals surface area contributed by atoms with Gasteiger partial charge in [0.2, 0.25) is 0 Å². The molecule has 1 aromatic heterocycles. The largest absolute Gasteiger partial charge is 0.465 e. The molecule has 0 bridgehead atoms. The molecule has 0 atom stereocenters. The number of aromatic nitrogens is 1. The second-order valence-corrected chi connectivity index (χ2v) is 5.67. The molecule has 100 valence electrons. The molecule has 0 aliphatic heterocycles. The molecule has 5 heteroatoms. The highest BCUT2D eigenvalue weighted by molar-refractivity contribution is 7.21. The number of carbonyl (C=O) groups is 1. The van der Waals surface area contributed by atoms with Gasteiger partial charge in [0, 0.05) is 10.6 Å². The summed E-state index contributed by atoms with van der Waals surface area (Å²) in [7, 11) is 1.37. The van der Waals surface area contributed by atoms with Crippen molar-refractivity contribution in [1.82, 2.24) is 4.98 Å². The van der Waals surface area contributed by atoms with E-state index < -0.39 is 0 Å². The van der Waals surface area contributed by atoms with Crippen LogP contribution in [-0.4, -0.2) is 18.1 Å². The number of ether oxygens (including phenoxy) is 1. The number of esters is 1. The Morgan fingerprint density at radius 1 is 1.20 bits per heavy atom.